The summed E-state index contributed by atoms with van der Waals surface area (Å²) in [5, 5.41) is 2.39. The minimum absolute atomic E-state index is 0.0444. The van der Waals surface area contributed by atoms with Crippen LogP contribution in [0.3, 0.4) is 0 Å². The molecule has 9 heteroatoms. The number of pyridine rings is 1. The average molecular weight is 453 g/mol. The summed E-state index contributed by atoms with van der Waals surface area (Å²) in [6.07, 6.45) is 2.94. The zero-order chi connectivity index (χ0) is 22.3. The molecular formula is C22H27F3N4OS. The van der Waals surface area contributed by atoms with Crippen molar-refractivity contribution in [3.8, 4) is 0 Å². The van der Waals surface area contributed by atoms with Crippen LogP contribution in [0.15, 0.2) is 47.6 Å². The SMILES string of the molecule is Cc1cccc(N2CCN(CCCCNC(=O)c3cccnc3SC(F)(F)F)CC2)c1. The number of hydrogen-bond donors (Lipinski definition) is 1. The Morgan fingerprint density at radius 2 is 1.90 bits per heavy atom. The fourth-order valence-corrected chi connectivity index (χ4v) is 4.17. The summed E-state index contributed by atoms with van der Waals surface area (Å²) in [6.45, 7) is 7.43. The number of piperazine rings is 1. The van der Waals surface area contributed by atoms with Gasteiger partial charge in [0, 0.05) is 56.4 Å². The molecule has 0 aliphatic carbocycles. The molecule has 0 saturated carbocycles. The van der Waals surface area contributed by atoms with Crippen molar-refractivity contribution in [2.24, 2.45) is 0 Å². The van der Waals surface area contributed by atoms with E-state index in [1.807, 2.05) is 0 Å². The van der Waals surface area contributed by atoms with Crippen LogP contribution < -0.4 is 10.2 Å². The molecule has 1 aliphatic heterocycles. The molecule has 5 nitrogen and oxygen atoms in total. The summed E-state index contributed by atoms with van der Waals surface area (Å²) in [5.41, 5.74) is -2.00. The number of anilines is 1. The Balaban J connectivity index is 1.35. The topological polar surface area (TPSA) is 48.5 Å². The number of benzene rings is 1. The lowest BCUT2D eigenvalue weighted by atomic mass is 10.2. The Morgan fingerprint density at radius 3 is 2.61 bits per heavy atom. The summed E-state index contributed by atoms with van der Waals surface area (Å²) in [7, 11) is 0. The van der Waals surface area contributed by atoms with Gasteiger partial charge in [-0.15, -0.1) is 0 Å². The number of nitrogens with one attached hydrogen (secondary N) is 1. The molecule has 0 unspecified atom stereocenters. The molecule has 1 aromatic heterocycles. The first-order valence-corrected chi connectivity index (χ1v) is 11.2. The van der Waals surface area contributed by atoms with E-state index < -0.39 is 11.4 Å². The molecule has 1 fully saturated rings. The van der Waals surface area contributed by atoms with Gasteiger partial charge in [0.25, 0.3) is 5.91 Å². The van der Waals surface area contributed by atoms with Gasteiger partial charge < -0.3 is 10.2 Å². The number of amides is 1. The van der Waals surface area contributed by atoms with Crippen LogP contribution in [0.25, 0.3) is 0 Å². The van der Waals surface area contributed by atoms with Crippen molar-refractivity contribution >= 4 is 23.4 Å². The van der Waals surface area contributed by atoms with Crippen molar-refractivity contribution in [3.63, 3.8) is 0 Å². The normalized spacial score (nSPS) is 15.2. The first-order chi connectivity index (χ1) is 14.8. The van der Waals surface area contributed by atoms with Crippen LogP contribution in [0.2, 0.25) is 0 Å². The van der Waals surface area contributed by atoms with E-state index in [1.165, 1.54) is 29.6 Å². The number of carbonyl (C=O) groups is 1. The third-order valence-corrected chi connectivity index (χ3v) is 5.90. The van der Waals surface area contributed by atoms with Crippen molar-refractivity contribution in [2.45, 2.75) is 30.3 Å². The molecule has 1 aliphatic rings. The van der Waals surface area contributed by atoms with Gasteiger partial charge in [-0.25, -0.2) is 4.98 Å². The molecule has 0 radical (unpaired) electrons. The maximum Gasteiger partial charge on any atom is 0.447 e. The maximum absolute atomic E-state index is 12.6. The monoisotopic (exact) mass is 452 g/mol. The lowest BCUT2D eigenvalue weighted by Gasteiger charge is -2.36. The van der Waals surface area contributed by atoms with Gasteiger partial charge in [0.05, 0.1) is 5.56 Å². The summed E-state index contributed by atoms with van der Waals surface area (Å²) < 4.78 is 37.9. The third kappa shape index (κ3) is 7.43. The molecule has 1 amide bonds. The first-order valence-electron chi connectivity index (χ1n) is 10.3. The second-order valence-corrected chi connectivity index (χ2v) is 8.59. The van der Waals surface area contributed by atoms with E-state index in [4.69, 9.17) is 0 Å². The highest BCUT2D eigenvalue weighted by Crippen LogP contribution is 2.37. The van der Waals surface area contributed by atoms with Crippen molar-refractivity contribution in [1.82, 2.24) is 15.2 Å². The molecule has 1 aromatic carbocycles. The van der Waals surface area contributed by atoms with Crippen LogP contribution in [0.5, 0.6) is 0 Å². The highest BCUT2D eigenvalue weighted by atomic mass is 32.2. The van der Waals surface area contributed by atoms with Gasteiger partial charge in [-0.05, 0) is 56.1 Å². The molecule has 168 valence electrons. The van der Waals surface area contributed by atoms with E-state index in [0.29, 0.717) is 6.54 Å². The Morgan fingerprint density at radius 1 is 1.13 bits per heavy atom. The van der Waals surface area contributed by atoms with Crippen LogP contribution in [-0.2, 0) is 0 Å². The molecule has 2 heterocycles. The zero-order valence-electron chi connectivity index (χ0n) is 17.5. The fraction of sp³-hybridized carbons (Fsp3) is 0.455. The molecule has 2 aromatic rings. The molecule has 3 rings (SSSR count). The summed E-state index contributed by atoms with van der Waals surface area (Å²) >= 11 is -0.365. The number of aryl methyl sites for hydroxylation is 1. The number of halogens is 3. The number of hydrogen-bond acceptors (Lipinski definition) is 5. The smallest absolute Gasteiger partial charge is 0.369 e. The van der Waals surface area contributed by atoms with Crippen molar-refractivity contribution in [3.05, 3.63) is 53.7 Å². The minimum atomic E-state index is -4.48. The van der Waals surface area contributed by atoms with Gasteiger partial charge in [0.1, 0.15) is 5.03 Å². The largest absolute Gasteiger partial charge is 0.447 e. The van der Waals surface area contributed by atoms with E-state index in [1.54, 1.807) is 0 Å². The van der Waals surface area contributed by atoms with E-state index in [9.17, 15) is 18.0 Å². The Kier molecular flexibility index (Phi) is 8.20. The zero-order valence-corrected chi connectivity index (χ0v) is 18.3. The van der Waals surface area contributed by atoms with Gasteiger partial charge in [-0.3, -0.25) is 9.69 Å². The molecule has 0 bridgehead atoms. The van der Waals surface area contributed by atoms with Gasteiger partial charge >= 0.3 is 5.51 Å². The number of thioether (sulfide) groups is 1. The number of aromatic nitrogens is 1. The first kappa shape index (κ1) is 23.4. The van der Waals surface area contributed by atoms with Gasteiger partial charge in [0.2, 0.25) is 0 Å². The second kappa shape index (κ2) is 10.9. The summed E-state index contributed by atoms with van der Waals surface area (Å²) in [6, 6.07) is 11.4. The van der Waals surface area contributed by atoms with Crippen LogP contribution in [0.4, 0.5) is 18.9 Å². The van der Waals surface area contributed by atoms with E-state index in [-0.39, 0.29) is 22.4 Å². The average Bonchev–Trinajstić information content (AvgIpc) is 2.73. The predicted molar refractivity (Wildman–Crippen MR) is 118 cm³/mol. The van der Waals surface area contributed by atoms with Crippen molar-refractivity contribution in [2.75, 3.05) is 44.2 Å². The van der Waals surface area contributed by atoms with Crippen LogP contribution in [0.1, 0.15) is 28.8 Å². The summed E-state index contributed by atoms with van der Waals surface area (Å²) in [4.78, 5) is 20.8. The predicted octanol–water partition coefficient (Wildman–Crippen LogP) is 4.33. The van der Waals surface area contributed by atoms with Gasteiger partial charge in [0.15, 0.2) is 0 Å². The van der Waals surface area contributed by atoms with E-state index >= 15 is 0 Å². The molecule has 1 N–H and O–H groups in total. The number of alkyl halides is 3. The minimum Gasteiger partial charge on any atom is -0.369 e. The molecule has 0 atom stereocenters. The molecule has 0 spiro atoms. The highest BCUT2D eigenvalue weighted by molar-refractivity contribution is 8.00. The Hall–Kier alpha value is -2.26. The van der Waals surface area contributed by atoms with Gasteiger partial charge in [-0.1, -0.05) is 12.1 Å². The second-order valence-electron chi connectivity index (χ2n) is 7.53. The van der Waals surface area contributed by atoms with Gasteiger partial charge in [-0.2, -0.15) is 13.2 Å². The Labute approximate surface area is 185 Å². The number of carbonyl (C=O) groups excluding carboxylic acids is 1. The summed E-state index contributed by atoms with van der Waals surface area (Å²) in [5.74, 6) is -0.522. The highest BCUT2D eigenvalue weighted by Gasteiger charge is 2.32. The number of nitrogens with zero attached hydrogens (tertiary/aromatic N) is 3. The van der Waals surface area contributed by atoms with E-state index in [2.05, 4.69) is 51.3 Å². The van der Waals surface area contributed by atoms with Crippen LogP contribution in [-0.4, -0.2) is 60.6 Å². The van der Waals surface area contributed by atoms with Crippen molar-refractivity contribution < 1.29 is 18.0 Å². The lowest BCUT2D eigenvalue weighted by Crippen LogP contribution is -2.46. The number of rotatable bonds is 8. The third-order valence-electron chi connectivity index (χ3n) is 5.15. The van der Waals surface area contributed by atoms with E-state index in [0.717, 1.165) is 45.6 Å². The van der Waals surface area contributed by atoms with Crippen LogP contribution >= 0.6 is 11.8 Å². The lowest BCUT2D eigenvalue weighted by molar-refractivity contribution is -0.0329. The molecule has 31 heavy (non-hydrogen) atoms. The molecular weight excluding hydrogens is 425 g/mol. The number of unbranched alkanes of at least 4 members (excludes halogenated alkanes) is 1. The fourth-order valence-electron chi connectivity index (χ4n) is 3.57. The standard InChI is InChI=1S/C22H27F3N4OS/c1-17-6-4-7-18(16-17)29-14-12-28(13-15-29)11-3-2-9-26-20(30)19-8-5-10-27-21(19)31-22(23,24)25/h4-8,10,16H,2-3,9,11-15H2,1H3,(H,26,30). The Bertz CT molecular complexity index is 870. The quantitative estimate of drug-likeness (QED) is 0.477. The molecule has 1 saturated heterocycles. The maximum atomic E-state index is 12.6. The van der Waals surface area contributed by atoms with Crippen molar-refractivity contribution in [1.29, 1.82) is 0 Å². The van der Waals surface area contributed by atoms with Crippen LogP contribution in [0, 0.1) is 6.92 Å².